The maximum absolute atomic E-state index is 13.9. The molecule has 0 bridgehead atoms. The SMILES string of the molecule is CC(NC(=O)CC1CCCN1)c1cc(F)ccc1N1CCN(C)CC1. The molecule has 0 aliphatic carbocycles. The molecule has 3 rings (SSSR count). The van der Waals surface area contributed by atoms with Crippen LogP contribution in [-0.4, -0.2) is 56.6 Å². The van der Waals surface area contributed by atoms with Gasteiger partial charge in [0.2, 0.25) is 5.91 Å². The molecule has 2 unspecified atom stereocenters. The second-order valence-corrected chi connectivity index (χ2v) is 7.28. The highest BCUT2D eigenvalue weighted by Gasteiger charge is 2.23. The molecule has 1 aromatic rings. The highest BCUT2D eigenvalue weighted by molar-refractivity contribution is 5.77. The van der Waals surface area contributed by atoms with Crippen molar-refractivity contribution in [1.82, 2.24) is 15.5 Å². The van der Waals surface area contributed by atoms with Crippen LogP contribution < -0.4 is 15.5 Å². The van der Waals surface area contributed by atoms with E-state index in [1.165, 1.54) is 6.07 Å². The number of hydrogen-bond acceptors (Lipinski definition) is 4. The molecule has 138 valence electrons. The normalized spacial score (nSPS) is 22.8. The molecule has 0 spiro atoms. The highest BCUT2D eigenvalue weighted by Crippen LogP contribution is 2.28. The standard InChI is InChI=1S/C19H29FN4O/c1-14(22-19(25)13-16-4-3-7-21-16)17-12-15(20)5-6-18(17)24-10-8-23(2)9-11-24/h5-6,12,14,16,21H,3-4,7-11,13H2,1-2H3,(H,22,25). The van der Waals surface area contributed by atoms with Gasteiger partial charge < -0.3 is 20.4 Å². The lowest BCUT2D eigenvalue weighted by Crippen LogP contribution is -2.45. The number of carbonyl (C=O) groups excluding carboxylic acids is 1. The average Bonchev–Trinajstić information content (AvgIpc) is 3.08. The number of hydrogen-bond donors (Lipinski definition) is 2. The van der Waals surface area contributed by atoms with Crippen LogP contribution in [0.4, 0.5) is 10.1 Å². The molecule has 6 heteroatoms. The van der Waals surface area contributed by atoms with Gasteiger partial charge in [-0.25, -0.2) is 4.39 Å². The molecule has 0 aromatic heterocycles. The van der Waals surface area contributed by atoms with Gasteiger partial charge in [-0.15, -0.1) is 0 Å². The van der Waals surface area contributed by atoms with E-state index in [1.807, 2.05) is 13.0 Å². The van der Waals surface area contributed by atoms with Crippen molar-refractivity contribution >= 4 is 11.6 Å². The maximum Gasteiger partial charge on any atom is 0.222 e. The number of rotatable bonds is 5. The number of nitrogens with zero attached hydrogens (tertiary/aromatic N) is 2. The number of likely N-dealkylation sites (N-methyl/N-ethyl adjacent to an activating group) is 1. The van der Waals surface area contributed by atoms with Crippen molar-refractivity contribution in [1.29, 1.82) is 0 Å². The minimum Gasteiger partial charge on any atom is -0.369 e. The Morgan fingerprint density at radius 1 is 1.36 bits per heavy atom. The number of amides is 1. The summed E-state index contributed by atoms with van der Waals surface area (Å²) in [5.41, 5.74) is 1.89. The Morgan fingerprint density at radius 2 is 2.12 bits per heavy atom. The first-order chi connectivity index (χ1) is 12.0. The van der Waals surface area contributed by atoms with Crippen LogP contribution in [0.1, 0.15) is 37.8 Å². The number of carbonyl (C=O) groups is 1. The summed E-state index contributed by atoms with van der Waals surface area (Å²) in [5.74, 6) is -0.230. The lowest BCUT2D eigenvalue weighted by molar-refractivity contribution is -0.122. The Hall–Kier alpha value is -1.66. The Balaban J connectivity index is 1.68. The largest absolute Gasteiger partial charge is 0.369 e. The number of halogens is 1. The number of anilines is 1. The summed E-state index contributed by atoms with van der Waals surface area (Å²) in [5, 5.41) is 6.40. The minimum absolute atomic E-state index is 0.0282. The van der Waals surface area contributed by atoms with E-state index in [1.54, 1.807) is 6.07 Å². The van der Waals surface area contributed by atoms with Gasteiger partial charge in [0.1, 0.15) is 5.82 Å². The van der Waals surface area contributed by atoms with Gasteiger partial charge in [-0.1, -0.05) is 0 Å². The van der Waals surface area contributed by atoms with E-state index in [-0.39, 0.29) is 23.8 Å². The van der Waals surface area contributed by atoms with E-state index in [0.29, 0.717) is 6.42 Å². The molecular formula is C19H29FN4O. The van der Waals surface area contributed by atoms with Gasteiger partial charge in [0.15, 0.2) is 0 Å². The summed E-state index contributed by atoms with van der Waals surface area (Å²) >= 11 is 0. The van der Waals surface area contributed by atoms with Gasteiger partial charge >= 0.3 is 0 Å². The van der Waals surface area contributed by atoms with Crippen molar-refractivity contribution in [3.05, 3.63) is 29.6 Å². The predicted molar refractivity (Wildman–Crippen MR) is 98.3 cm³/mol. The van der Waals surface area contributed by atoms with Crippen molar-refractivity contribution in [2.75, 3.05) is 44.7 Å². The van der Waals surface area contributed by atoms with Gasteiger partial charge in [0.25, 0.3) is 0 Å². The van der Waals surface area contributed by atoms with Crippen LogP contribution >= 0.6 is 0 Å². The summed E-state index contributed by atoms with van der Waals surface area (Å²) in [6, 6.07) is 4.98. The summed E-state index contributed by atoms with van der Waals surface area (Å²) in [4.78, 5) is 16.9. The van der Waals surface area contributed by atoms with Gasteiger partial charge in [-0.05, 0) is 51.6 Å². The molecule has 5 nitrogen and oxygen atoms in total. The first kappa shape index (κ1) is 18.1. The van der Waals surface area contributed by atoms with E-state index >= 15 is 0 Å². The fourth-order valence-electron chi connectivity index (χ4n) is 3.74. The third kappa shape index (κ3) is 4.70. The molecule has 25 heavy (non-hydrogen) atoms. The van der Waals surface area contributed by atoms with E-state index in [0.717, 1.165) is 56.8 Å². The molecule has 2 atom stereocenters. The fourth-order valence-corrected chi connectivity index (χ4v) is 3.74. The summed E-state index contributed by atoms with van der Waals surface area (Å²) in [6.07, 6.45) is 2.67. The monoisotopic (exact) mass is 348 g/mol. The number of benzene rings is 1. The van der Waals surface area contributed by atoms with Crippen molar-refractivity contribution < 1.29 is 9.18 Å². The quantitative estimate of drug-likeness (QED) is 0.853. The second-order valence-electron chi connectivity index (χ2n) is 7.28. The molecule has 1 aromatic carbocycles. The molecule has 0 saturated carbocycles. The van der Waals surface area contributed by atoms with Crippen LogP contribution in [0.5, 0.6) is 0 Å². The van der Waals surface area contributed by atoms with Gasteiger partial charge in [-0.3, -0.25) is 4.79 Å². The van der Waals surface area contributed by atoms with Crippen LogP contribution in [-0.2, 0) is 4.79 Å². The third-order valence-electron chi connectivity index (χ3n) is 5.27. The summed E-state index contributed by atoms with van der Waals surface area (Å²) in [6.45, 7) is 6.75. The lowest BCUT2D eigenvalue weighted by Gasteiger charge is -2.36. The zero-order valence-corrected chi connectivity index (χ0v) is 15.2. The van der Waals surface area contributed by atoms with E-state index < -0.39 is 0 Å². The highest BCUT2D eigenvalue weighted by atomic mass is 19.1. The first-order valence-corrected chi connectivity index (χ1v) is 9.28. The van der Waals surface area contributed by atoms with E-state index in [4.69, 9.17) is 0 Å². The predicted octanol–water partition coefficient (Wildman–Crippen LogP) is 1.90. The molecule has 2 aliphatic rings. The molecule has 0 radical (unpaired) electrons. The lowest BCUT2D eigenvalue weighted by atomic mass is 10.0. The molecule has 2 aliphatic heterocycles. The minimum atomic E-state index is -0.258. The van der Waals surface area contributed by atoms with Crippen molar-refractivity contribution in [3.8, 4) is 0 Å². The summed E-state index contributed by atoms with van der Waals surface area (Å²) in [7, 11) is 2.11. The summed E-state index contributed by atoms with van der Waals surface area (Å²) < 4.78 is 13.9. The molecule has 1 amide bonds. The number of piperazine rings is 1. The zero-order valence-electron chi connectivity index (χ0n) is 15.2. The Morgan fingerprint density at radius 3 is 2.80 bits per heavy atom. The maximum atomic E-state index is 13.9. The number of nitrogens with one attached hydrogen (secondary N) is 2. The average molecular weight is 348 g/mol. The van der Waals surface area contributed by atoms with Gasteiger partial charge in [0.05, 0.1) is 6.04 Å². The molecule has 2 saturated heterocycles. The molecular weight excluding hydrogens is 319 g/mol. The smallest absolute Gasteiger partial charge is 0.222 e. The Bertz CT molecular complexity index is 595. The van der Waals surface area contributed by atoms with E-state index in [9.17, 15) is 9.18 Å². The Kier molecular flexibility index (Phi) is 5.91. The van der Waals surface area contributed by atoms with Crippen molar-refractivity contribution in [3.63, 3.8) is 0 Å². The topological polar surface area (TPSA) is 47.6 Å². The van der Waals surface area contributed by atoms with Crippen LogP contribution in [0.2, 0.25) is 0 Å². The third-order valence-corrected chi connectivity index (χ3v) is 5.27. The van der Waals surface area contributed by atoms with Crippen molar-refractivity contribution in [2.45, 2.75) is 38.3 Å². The fraction of sp³-hybridized carbons (Fsp3) is 0.632. The first-order valence-electron chi connectivity index (χ1n) is 9.28. The second kappa shape index (κ2) is 8.15. The van der Waals surface area contributed by atoms with E-state index in [2.05, 4.69) is 27.5 Å². The van der Waals surface area contributed by atoms with Gasteiger partial charge in [0, 0.05) is 49.9 Å². The Labute approximate surface area is 149 Å². The molecule has 2 N–H and O–H groups in total. The molecule has 2 heterocycles. The van der Waals surface area contributed by atoms with Gasteiger partial charge in [-0.2, -0.15) is 0 Å². The van der Waals surface area contributed by atoms with Crippen LogP contribution in [0.3, 0.4) is 0 Å². The van der Waals surface area contributed by atoms with Crippen LogP contribution in [0, 0.1) is 5.82 Å². The van der Waals surface area contributed by atoms with Crippen LogP contribution in [0.15, 0.2) is 18.2 Å². The van der Waals surface area contributed by atoms with Crippen molar-refractivity contribution in [2.24, 2.45) is 0 Å². The van der Waals surface area contributed by atoms with Crippen LogP contribution in [0.25, 0.3) is 0 Å². The molecule has 2 fully saturated rings. The zero-order chi connectivity index (χ0) is 17.8.